The van der Waals surface area contributed by atoms with Crippen molar-refractivity contribution in [2.75, 3.05) is 19.0 Å². The molecule has 0 saturated heterocycles. The molecule has 1 atom stereocenters. The molecule has 0 aliphatic heterocycles. The van der Waals surface area contributed by atoms with Crippen molar-refractivity contribution in [2.24, 2.45) is 0 Å². The maximum absolute atomic E-state index is 13.5. The highest BCUT2D eigenvalue weighted by Crippen LogP contribution is 2.37. The molecule has 1 N–H and O–H groups in total. The van der Waals surface area contributed by atoms with E-state index >= 15 is 0 Å². The molecule has 0 fully saturated rings. The number of benzene rings is 2. The summed E-state index contributed by atoms with van der Waals surface area (Å²) < 4.78 is 6.89. The number of hydrogen-bond donors (Lipinski definition) is 1. The van der Waals surface area contributed by atoms with Gasteiger partial charge in [-0.1, -0.05) is 59.8 Å². The third-order valence-electron chi connectivity index (χ3n) is 5.66. The Morgan fingerprint density at radius 2 is 1.82 bits per heavy atom. The average molecular weight is 494 g/mol. The van der Waals surface area contributed by atoms with Crippen molar-refractivity contribution in [1.82, 2.24) is 9.55 Å². The summed E-state index contributed by atoms with van der Waals surface area (Å²) in [6.07, 6.45) is 0. The van der Waals surface area contributed by atoms with Crippen molar-refractivity contribution in [2.45, 2.75) is 37.7 Å². The van der Waals surface area contributed by atoms with Crippen LogP contribution in [-0.2, 0) is 16.1 Å². The summed E-state index contributed by atoms with van der Waals surface area (Å²) in [5.74, 6) is -0.175. The Labute approximate surface area is 207 Å². The van der Waals surface area contributed by atoms with Gasteiger partial charge in [-0.25, -0.2) is 4.98 Å². The second-order valence-electron chi connectivity index (χ2n) is 8.07. The van der Waals surface area contributed by atoms with Crippen LogP contribution in [0.4, 0.5) is 5.69 Å². The number of anilines is 1. The first-order valence-electron chi connectivity index (χ1n) is 11.0. The Hall–Kier alpha value is -2.94. The number of fused-ring (bicyclic) bond motifs is 1. The monoisotopic (exact) mass is 493 g/mol. The number of aromatic nitrogens is 2. The van der Waals surface area contributed by atoms with Gasteiger partial charge in [-0.3, -0.25) is 14.2 Å². The van der Waals surface area contributed by atoms with Crippen LogP contribution in [0.15, 0.2) is 64.5 Å². The standard InChI is InChI=1S/C26H27N3O3S2/c1-16-10-12-20(13-11-16)27-23(30)22(19-8-6-5-7-9-19)34-26-28-24-21(17(2)18(3)33-24)25(31)29(26)14-15-32-4/h5-13,22H,14-15H2,1-4H3,(H,27,30). The van der Waals surface area contributed by atoms with E-state index in [4.69, 9.17) is 9.72 Å². The van der Waals surface area contributed by atoms with Crippen LogP contribution in [0.5, 0.6) is 0 Å². The van der Waals surface area contributed by atoms with Crippen molar-refractivity contribution in [1.29, 1.82) is 0 Å². The summed E-state index contributed by atoms with van der Waals surface area (Å²) in [5.41, 5.74) is 3.53. The summed E-state index contributed by atoms with van der Waals surface area (Å²) in [5, 5.41) is 3.57. The number of aryl methyl sites for hydroxylation is 3. The highest BCUT2D eigenvalue weighted by Gasteiger charge is 2.26. The van der Waals surface area contributed by atoms with Crippen LogP contribution < -0.4 is 10.9 Å². The summed E-state index contributed by atoms with van der Waals surface area (Å²) in [4.78, 5) is 33.5. The Bertz CT molecular complexity index is 1360. The second kappa shape index (κ2) is 10.5. The van der Waals surface area contributed by atoms with Gasteiger partial charge in [-0.2, -0.15) is 0 Å². The number of carbonyl (C=O) groups excluding carboxylic acids is 1. The normalized spacial score (nSPS) is 12.1. The number of methoxy groups -OCH3 is 1. The van der Waals surface area contributed by atoms with Crippen LogP contribution in [0.1, 0.15) is 26.8 Å². The molecule has 0 radical (unpaired) electrons. The molecule has 6 nitrogen and oxygen atoms in total. The van der Waals surface area contributed by atoms with E-state index in [1.54, 1.807) is 11.7 Å². The van der Waals surface area contributed by atoms with Gasteiger partial charge in [0.05, 0.1) is 18.5 Å². The number of rotatable bonds is 8. The molecular weight excluding hydrogens is 466 g/mol. The topological polar surface area (TPSA) is 73.2 Å². The average Bonchev–Trinajstić information content (AvgIpc) is 3.12. The van der Waals surface area contributed by atoms with Gasteiger partial charge in [0.1, 0.15) is 10.1 Å². The van der Waals surface area contributed by atoms with Crippen molar-refractivity contribution in [3.63, 3.8) is 0 Å². The fraction of sp³-hybridized carbons (Fsp3) is 0.269. The molecule has 2 aromatic heterocycles. The van der Waals surface area contributed by atoms with Gasteiger partial charge in [-0.05, 0) is 44.0 Å². The van der Waals surface area contributed by atoms with Crippen LogP contribution in [0, 0.1) is 20.8 Å². The smallest absolute Gasteiger partial charge is 0.263 e. The maximum atomic E-state index is 13.5. The Kier molecular flexibility index (Phi) is 7.50. The van der Waals surface area contributed by atoms with Crippen LogP contribution in [0.3, 0.4) is 0 Å². The van der Waals surface area contributed by atoms with Gasteiger partial charge < -0.3 is 10.1 Å². The maximum Gasteiger partial charge on any atom is 0.263 e. The molecule has 1 unspecified atom stereocenters. The second-order valence-corrected chi connectivity index (χ2v) is 10.3. The molecule has 4 rings (SSSR count). The summed E-state index contributed by atoms with van der Waals surface area (Å²) in [6, 6.07) is 17.2. The van der Waals surface area contributed by atoms with E-state index in [0.29, 0.717) is 28.5 Å². The largest absolute Gasteiger partial charge is 0.383 e. The molecule has 8 heteroatoms. The zero-order valence-electron chi connectivity index (χ0n) is 19.6. The van der Waals surface area contributed by atoms with Gasteiger partial charge in [0.15, 0.2) is 5.16 Å². The van der Waals surface area contributed by atoms with E-state index in [9.17, 15) is 9.59 Å². The van der Waals surface area contributed by atoms with Gasteiger partial charge in [0.2, 0.25) is 5.91 Å². The lowest BCUT2D eigenvalue weighted by molar-refractivity contribution is -0.115. The number of thioether (sulfide) groups is 1. The Morgan fingerprint density at radius 3 is 2.50 bits per heavy atom. The molecule has 2 heterocycles. The Morgan fingerprint density at radius 1 is 1.12 bits per heavy atom. The molecule has 0 aliphatic rings. The highest BCUT2D eigenvalue weighted by atomic mass is 32.2. The van der Waals surface area contributed by atoms with Crippen LogP contribution in [-0.4, -0.2) is 29.2 Å². The lowest BCUT2D eigenvalue weighted by Crippen LogP contribution is -2.26. The third kappa shape index (κ3) is 5.09. The lowest BCUT2D eigenvalue weighted by Gasteiger charge is -2.19. The Balaban J connectivity index is 1.77. The number of nitrogens with one attached hydrogen (secondary N) is 1. The van der Waals surface area contributed by atoms with Gasteiger partial charge in [0.25, 0.3) is 5.56 Å². The molecule has 2 aromatic carbocycles. The van der Waals surface area contributed by atoms with Crippen molar-refractivity contribution >= 4 is 44.9 Å². The minimum Gasteiger partial charge on any atom is -0.383 e. The lowest BCUT2D eigenvalue weighted by atomic mass is 10.1. The van der Waals surface area contributed by atoms with E-state index in [1.165, 1.54) is 23.1 Å². The SMILES string of the molecule is COCCn1c(SC(C(=O)Nc2ccc(C)cc2)c2ccccc2)nc2sc(C)c(C)c2c1=O. The van der Waals surface area contributed by atoms with Gasteiger partial charge in [0, 0.05) is 17.7 Å². The van der Waals surface area contributed by atoms with Crippen molar-refractivity contribution in [3.8, 4) is 0 Å². The van der Waals surface area contributed by atoms with E-state index in [-0.39, 0.29) is 11.5 Å². The molecule has 0 spiro atoms. The first kappa shape index (κ1) is 24.2. The fourth-order valence-corrected chi connectivity index (χ4v) is 5.82. The van der Waals surface area contributed by atoms with Gasteiger partial charge >= 0.3 is 0 Å². The van der Waals surface area contributed by atoms with E-state index in [0.717, 1.165) is 27.3 Å². The number of ether oxygens (including phenoxy) is 1. The molecule has 0 bridgehead atoms. The predicted molar refractivity (Wildman–Crippen MR) is 140 cm³/mol. The molecule has 34 heavy (non-hydrogen) atoms. The van der Waals surface area contributed by atoms with Crippen LogP contribution in [0.25, 0.3) is 10.2 Å². The minimum atomic E-state index is -0.595. The molecule has 176 valence electrons. The molecular formula is C26H27N3O3S2. The highest BCUT2D eigenvalue weighted by molar-refractivity contribution is 8.00. The minimum absolute atomic E-state index is 0.0999. The van der Waals surface area contributed by atoms with Crippen LogP contribution in [0.2, 0.25) is 0 Å². The fourth-order valence-electron chi connectivity index (χ4n) is 3.63. The summed E-state index contributed by atoms with van der Waals surface area (Å²) in [7, 11) is 1.60. The number of carbonyl (C=O) groups is 1. The van der Waals surface area contributed by atoms with Gasteiger partial charge in [-0.15, -0.1) is 11.3 Å². The summed E-state index contributed by atoms with van der Waals surface area (Å²) in [6.45, 7) is 6.68. The van der Waals surface area contributed by atoms with Crippen molar-refractivity contribution < 1.29 is 9.53 Å². The zero-order valence-corrected chi connectivity index (χ0v) is 21.3. The first-order chi connectivity index (χ1) is 16.4. The zero-order chi connectivity index (χ0) is 24.2. The van der Waals surface area contributed by atoms with Crippen molar-refractivity contribution in [3.05, 3.63) is 86.5 Å². The number of amides is 1. The molecule has 0 aliphatic carbocycles. The van der Waals surface area contributed by atoms with Crippen LogP contribution >= 0.6 is 23.1 Å². The molecule has 4 aromatic rings. The third-order valence-corrected chi connectivity index (χ3v) is 8.00. The number of hydrogen-bond acceptors (Lipinski definition) is 6. The quantitative estimate of drug-likeness (QED) is 0.259. The summed E-state index contributed by atoms with van der Waals surface area (Å²) >= 11 is 2.79. The number of thiophene rings is 1. The molecule has 1 amide bonds. The number of nitrogens with zero attached hydrogens (tertiary/aromatic N) is 2. The van der Waals surface area contributed by atoms with E-state index in [1.807, 2.05) is 75.4 Å². The predicted octanol–water partition coefficient (Wildman–Crippen LogP) is 5.50. The first-order valence-corrected chi connectivity index (χ1v) is 12.7. The van der Waals surface area contributed by atoms with E-state index in [2.05, 4.69) is 5.32 Å². The van der Waals surface area contributed by atoms with E-state index < -0.39 is 5.25 Å². The molecule has 0 saturated carbocycles.